The van der Waals surface area contributed by atoms with Crippen LogP contribution in [0.1, 0.15) is 11.5 Å². The second-order valence-corrected chi connectivity index (χ2v) is 8.20. The number of aromatic nitrogens is 2. The van der Waals surface area contributed by atoms with Gasteiger partial charge in [0, 0.05) is 23.6 Å². The summed E-state index contributed by atoms with van der Waals surface area (Å²) < 4.78 is 28.1. The first-order valence-corrected chi connectivity index (χ1v) is 10.1. The molecule has 0 bridgehead atoms. The number of carbonyl (C=O) groups is 1. The number of rotatable bonds is 6. The number of nitrogens with one attached hydrogen (secondary N) is 1. The van der Waals surface area contributed by atoms with E-state index in [0.29, 0.717) is 28.5 Å². The van der Waals surface area contributed by atoms with Crippen molar-refractivity contribution in [3.63, 3.8) is 0 Å². The molecule has 3 aromatic rings. The highest BCUT2D eigenvalue weighted by atomic mass is 32.2. The van der Waals surface area contributed by atoms with Gasteiger partial charge in [-0.25, -0.2) is 18.4 Å². The first-order chi connectivity index (χ1) is 12.8. The van der Waals surface area contributed by atoms with Gasteiger partial charge in [-0.15, -0.1) is 0 Å². The summed E-state index contributed by atoms with van der Waals surface area (Å²) in [5.41, 5.74) is 7.35. The lowest BCUT2D eigenvalue weighted by Crippen LogP contribution is -2.13. The Kier molecular flexibility index (Phi) is 5.22. The van der Waals surface area contributed by atoms with E-state index in [1.165, 1.54) is 12.3 Å². The zero-order chi connectivity index (χ0) is 19.4. The molecule has 140 valence electrons. The summed E-state index contributed by atoms with van der Waals surface area (Å²) in [4.78, 5) is 20.4. The van der Waals surface area contributed by atoms with Gasteiger partial charge in [0.05, 0.1) is 24.1 Å². The van der Waals surface area contributed by atoms with E-state index in [1.807, 2.05) is 0 Å². The Balaban J connectivity index is 1.74. The van der Waals surface area contributed by atoms with Crippen molar-refractivity contribution < 1.29 is 17.6 Å². The molecule has 0 aliphatic heterocycles. The van der Waals surface area contributed by atoms with Gasteiger partial charge in [0.1, 0.15) is 11.6 Å². The minimum atomic E-state index is -3.24. The van der Waals surface area contributed by atoms with E-state index < -0.39 is 9.84 Å². The van der Waals surface area contributed by atoms with Crippen molar-refractivity contribution in [2.75, 3.05) is 17.3 Å². The molecule has 0 saturated heterocycles. The maximum absolute atomic E-state index is 12.0. The number of carbonyl (C=O) groups excluding carboxylic acids is 1. The van der Waals surface area contributed by atoms with Crippen molar-refractivity contribution in [3.8, 4) is 11.4 Å². The number of anilines is 2. The van der Waals surface area contributed by atoms with Gasteiger partial charge < -0.3 is 15.5 Å². The van der Waals surface area contributed by atoms with E-state index in [0.717, 1.165) is 6.26 Å². The van der Waals surface area contributed by atoms with Crippen LogP contribution < -0.4 is 11.1 Å². The predicted molar refractivity (Wildman–Crippen MR) is 101 cm³/mol. The third-order valence-electron chi connectivity index (χ3n) is 3.55. The topological polar surface area (TPSA) is 128 Å². The Morgan fingerprint density at radius 3 is 2.56 bits per heavy atom. The largest absolute Gasteiger partial charge is 0.469 e. The van der Waals surface area contributed by atoms with Crippen LogP contribution in [0.15, 0.2) is 53.1 Å². The highest BCUT2D eigenvalue weighted by Gasteiger charge is 2.11. The normalized spacial score (nSPS) is 11.3. The van der Waals surface area contributed by atoms with Crippen molar-refractivity contribution in [1.82, 2.24) is 9.97 Å². The minimum Gasteiger partial charge on any atom is -0.469 e. The lowest BCUT2D eigenvalue weighted by molar-refractivity contribution is -0.115. The number of nitrogens with zero attached hydrogens (tertiary/aromatic N) is 2. The maximum Gasteiger partial charge on any atom is 0.231 e. The second-order valence-electron chi connectivity index (χ2n) is 6.06. The first-order valence-electron chi connectivity index (χ1n) is 8.02. The molecular weight excluding hydrogens is 368 g/mol. The molecule has 2 heterocycles. The average Bonchev–Trinajstić information content (AvgIpc) is 3.06. The van der Waals surface area contributed by atoms with Crippen molar-refractivity contribution >= 4 is 27.2 Å². The van der Waals surface area contributed by atoms with Gasteiger partial charge in [-0.3, -0.25) is 4.79 Å². The van der Waals surface area contributed by atoms with Crippen molar-refractivity contribution in [1.29, 1.82) is 0 Å². The number of hydrogen-bond donors (Lipinski definition) is 2. The van der Waals surface area contributed by atoms with Crippen LogP contribution in [0, 0.1) is 0 Å². The summed E-state index contributed by atoms with van der Waals surface area (Å²) in [5.74, 6) is 0.675. The molecule has 0 aliphatic carbocycles. The zero-order valence-corrected chi connectivity index (χ0v) is 15.4. The van der Waals surface area contributed by atoms with E-state index in [9.17, 15) is 13.2 Å². The third-order valence-corrected chi connectivity index (χ3v) is 4.37. The van der Waals surface area contributed by atoms with E-state index in [1.54, 1.807) is 36.4 Å². The fourth-order valence-corrected chi connectivity index (χ4v) is 3.15. The average molecular weight is 386 g/mol. The molecule has 1 aromatic carbocycles. The number of amides is 1. The molecule has 0 unspecified atom stereocenters. The van der Waals surface area contributed by atoms with Crippen LogP contribution in [0.2, 0.25) is 0 Å². The van der Waals surface area contributed by atoms with Gasteiger partial charge in [0.25, 0.3) is 0 Å². The molecule has 0 saturated carbocycles. The SMILES string of the molecule is CS(=O)(=O)Cc1cc(N)nc(-c2ccc(NC(=O)Cc3ccco3)cc2)n1. The monoisotopic (exact) mass is 386 g/mol. The fraction of sp³-hybridized carbons (Fsp3) is 0.167. The molecule has 8 nitrogen and oxygen atoms in total. The van der Waals surface area contributed by atoms with Crippen LogP contribution in [0.4, 0.5) is 11.5 Å². The Bertz CT molecular complexity index is 1050. The molecule has 0 radical (unpaired) electrons. The molecule has 1 amide bonds. The molecule has 2 aromatic heterocycles. The number of benzene rings is 1. The van der Waals surface area contributed by atoms with Crippen LogP contribution in [0.3, 0.4) is 0 Å². The van der Waals surface area contributed by atoms with Crippen molar-refractivity contribution in [2.24, 2.45) is 0 Å². The van der Waals surface area contributed by atoms with E-state index in [2.05, 4.69) is 15.3 Å². The highest BCUT2D eigenvalue weighted by Crippen LogP contribution is 2.20. The molecule has 27 heavy (non-hydrogen) atoms. The highest BCUT2D eigenvalue weighted by molar-refractivity contribution is 7.89. The first kappa shape index (κ1) is 18.6. The Morgan fingerprint density at radius 2 is 1.93 bits per heavy atom. The summed E-state index contributed by atoms with van der Waals surface area (Å²) >= 11 is 0. The summed E-state index contributed by atoms with van der Waals surface area (Å²) in [7, 11) is -3.24. The zero-order valence-electron chi connectivity index (χ0n) is 14.5. The standard InChI is InChI=1S/C18H18N4O4S/c1-27(24,25)11-14-9-16(19)22-18(21-14)12-4-6-13(7-5-12)20-17(23)10-15-3-2-8-26-15/h2-9H,10-11H2,1H3,(H,20,23)(H2,19,21,22). The summed E-state index contributed by atoms with van der Waals surface area (Å²) in [6.45, 7) is 0. The van der Waals surface area contributed by atoms with Crippen molar-refractivity contribution in [2.45, 2.75) is 12.2 Å². The summed E-state index contributed by atoms with van der Waals surface area (Å²) in [5, 5.41) is 2.77. The van der Waals surface area contributed by atoms with Crippen LogP contribution in [-0.2, 0) is 26.8 Å². The van der Waals surface area contributed by atoms with Gasteiger partial charge in [-0.05, 0) is 36.4 Å². The van der Waals surface area contributed by atoms with Crippen LogP contribution in [-0.4, -0.2) is 30.5 Å². The molecule has 3 rings (SSSR count). The van der Waals surface area contributed by atoms with Gasteiger partial charge in [0.15, 0.2) is 15.7 Å². The molecule has 0 spiro atoms. The lowest BCUT2D eigenvalue weighted by Gasteiger charge is -2.07. The smallest absolute Gasteiger partial charge is 0.231 e. The Morgan fingerprint density at radius 1 is 1.19 bits per heavy atom. The Hall–Kier alpha value is -3.20. The fourth-order valence-electron chi connectivity index (χ4n) is 2.47. The summed E-state index contributed by atoms with van der Waals surface area (Å²) in [6.07, 6.45) is 2.79. The molecule has 0 fully saturated rings. The van der Waals surface area contributed by atoms with E-state index >= 15 is 0 Å². The molecule has 0 atom stereocenters. The van der Waals surface area contributed by atoms with E-state index in [-0.39, 0.29) is 23.9 Å². The van der Waals surface area contributed by atoms with E-state index in [4.69, 9.17) is 10.2 Å². The second kappa shape index (κ2) is 7.58. The molecule has 0 aliphatic rings. The number of furan rings is 1. The molecular formula is C18H18N4O4S. The van der Waals surface area contributed by atoms with Crippen molar-refractivity contribution in [3.05, 3.63) is 60.2 Å². The predicted octanol–water partition coefficient (Wildman–Crippen LogP) is 2.04. The minimum absolute atomic E-state index is 0.141. The van der Waals surface area contributed by atoms with Gasteiger partial charge in [0.2, 0.25) is 5.91 Å². The Labute approximate surface area is 156 Å². The number of nitrogens with two attached hydrogens (primary N) is 1. The van der Waals surface area contributed by atoms with Crippen LogP contribution >= 0.6 is 0 Å². The van der Waals surface area contributed by atoms with Gasteiger partial charge in [-0.2, -0.15) is 0 Å². The number of nitrogen functional groups attached to an aromatic ring is 1. The third kappa shape index (κ3) is 5.38. The molecule has 3 N–H and O–H groups in total. The number of sulfone groups is 1. The number of hydrogen-bond acceptors (Lipinski definition) is 7. The molecule has 9 heteroatoms. The maximum atomic E-state index is 12.0. The quantitative estimate of drug-likeness (QED) is 0.663. The van der Waals surface area contributed by atoms with Crippen LogP contribution in [0.5, 0.6) is 0 Å². The van der Waals surface area contributed by atoms with Crippen LogP contribution in [0.25, 0.3) is 11.4 Å². The van der Waals surface area contributed by atoms with Gasteiger partial charge >= 0.3 is 0 Å². The van der Waals surface area contributed by atoms with Gasteiger partial charge in [-0.1, -0.05) is 0 Å². The summed E-state index contributed by atoms with van der Waals surface area (Å²) in [6, 6.07) is 11.8. The lowest BCUT2D eigenvalue weighted by atomic mass is 10.2.